The van der Waals surface area contributed by atoms with Gasteiger partial charge in [-0.2, -0.15) is 0 Å². The van der Waals surface area contributed by atoms with E-state index in [2.05, 4.69) is 91.4 Å². The van der Waals surface area contributed by atoms with Crippen LogP contribution in [0.1, 0.15) is 0 Å². The summed E-state index contributed by atoms with van der Waals surface area (Å²) in [6, 6.07) is 42.1. The fraction of sp³-hybridized carbons (Fsp3) is 0.0741. The van der Waals surface area contributed by atoms with Gasteiger partial charge in [0.1, 0.15) is 0 Å². The summed E-state index contributed by atoms with van der Waals surface area (Å²) in [4.78, 5) is 5.04. The molecule has 0 spiro atoms. The number of hydrogen-bond acceptors (Lipinski definition) is 2. The van der Waals surface area contributed by atoms with Crippen LogP contribution in [0.3, 0.4) is 0 Å². The molecule has 0 unspecified atom stereocenters. The predicted molar refractivity (Wildman–Crippen MR) is 142 cm³/mol. The molecule has 0 aromatic heterocycles. The summed E-state index contributed by atoms with van der Waals surface area (Å²) in [6.45, 7) is 4.82. The molecule has 0 saturated carbocycles. The van der Waals surface area contributed by atoms with Crippen LogP contribution in [0.2, 0.25) is 0 Å². The van der Waals surface area contributed by atoms with Gasteiger partial charge in [-0.05, 0) is 0 Å². The van der Waals surface area contributed by atoms with Gasteiger partial charge in [-0.3, -0.25) is 0 Å². The van der Waals surface area contributed by atoms with Gasteiger partial charge in [0.25, 0.3) is 0 Å². The van der Waals surface area contributed by atoms with Crippen molar-refractivity contribution >= 4 is 44.3 Å². The van der Waals surface area contributed by atoms with Gasteiger partial charge >= 0.3 is 189 Å². The van der Waals surface area contributed by atoms with E-state index in [9.17, 15) is 0 Å². The Balaban J connectivity index is 1.84. The first-order valence-electron chi connectivity index (χ1n) is 10.3. The Morgan fingerprint density at radius 3 is 1.52 bits per heavy atom. The molecule has 0 aliphatic heterocycles. The Labute approximate surface area is 189 Å². The van der Waals surface area contributed by atoms with E-state index in [0.717, 1.165) is 16.5 Å². The zero-order chi connectivity index (χ0) is 21.6. The number of amidine groups is 1. The molecule has 0 aliphatic rings. The van der Waals surface area contributed by atoms with Gasteiger partial charge in [0, 0.05) is 0 Å². The number of nitrogens with one attached hydrogen (secondary N) is 1. The van der Waals surface area contributed by atoms with E-state index in [1.165, 1.54) is 10.6 Å². The molecule has 4 aromatic carbocycles. The van der Waals surface area contributed by atoms with Crippen LogP contribution in [-0.4, -0.2) is 18.5 Å². The summed E-state index contributed by atoms with van der Waals surface area (Å²) in [5.74, 6) is -2.65. The number of hydrogen-bond donors (Lipinski definition) is 1. The fourth-order valence-electron chi connectivity index (χ4n) is 3.57. The molecule has 0 saturated heterocycles. The molecule has 0 aliphatic carbocycles. The van der Waals surface area contributed by atoms with Crippen LogP contribution >= 0.6 is 17.2 Å². The normalized spacial score (nSPS) is 13.2. The van der Waals surface area contributed by atoms with Crippen LogP contribution in [0.5, 0.6) is 0 Å². The van der Waals surface area contributed by atoms with Gasteiger partial charge in [0.05, 0.1) is 0 Å². The SMILES string of the molecule is CP(C)(SC(=Nc1ccccc1)Nc1ccccc1)(c1ccccc1)c1ccccc1. The van der Waals surface area contributed by atoms with Crippen molar-refractivity contribution in [2.45, 2.75) is 0 Å². The van der Waals surface area contributed by atoms with Gasteiger partial charge in [-0.25, -0.2) is 0 Å². The molecular weight excluding hydrogens is 415 g/mol. The Hall–Kier alpha value is -2.87. The van der Waals surface area contributed by atoms with E-state index in [4.69, 9.17) is 4.99 Å². The summed E-state index contributed by atoms with van der Waals surface area (Å²) in [7, 11) is 0. The monoisotopic (exact) mass is 442 g/mol. The third-order valence-electron chi connectivity index (χ3n) is 5.39. The van der Waals surface area contributed by atoms with Gasteiger partial charge in [-0.1, -0.05) is 0 Å². The quantitative estimate of drug-likeness (QED) is 0.207. The average Bonchev–Trinajstić information content (AvgIpc) is 2.81. The summed E-state index contributed by atoms with van der Waals surface area (Å²) < 4.78 is 0. The molecule has 0 bridgehead atoms. The standard InChI is InChI=1S/C27H27N2PS/c1-30(2,25-19-11-5-12-20-25,26-21-13-6-14-22-26)31-27(28-23-15-7-3-8-16-23)29-24-17-9-4-10-18-24/h3-22H,1-2H3,(H,28,29). The molecule has 4 heteroatoms. The van der Waals surface area contributed by atoms with E-state index in [0.29, 0.717) is 0 Å². The number of benzene rings is 4. The zero-order valence-corrected chi connectivity index (χ0v) is 19.6. The van der Waals surface area contributed by atoms with Crippen LogP contribution in [0.4, 0.5) is 11.4 Å². The first-order chi connectivity index (χ1) is 15.0. The fourth-order valence-corrected chi connectivity index (χ4v) is 10.2. The van der Waals surface area contributed by atoms with Crippen molar-refractivity contribution in [1.29, 1.82) is 0 Å². The Morgan fingerprint density at radius 1 is 0.613 bits per heavy atom. The molecule has 0 amide bonds. The molecule has 0 atom stereocenters. The second-order valence-corrected chi connectivity index (χ2v) is 17.4. The number of aliphatic imine (C=N–C) groups is 1. The van der Waals surface area contributed by atoms with Crippen LogP contribution in [0, 0.1) is 0 Å². The Kier molecular flexibility index (Phi) is 6.27. The van der Waals surface area contributed by atoms with Crippen LogP contribution in [0.15, 0.2) is 126 Å². The van der Waals surface area contributed by atoms with Crippen molar-refractivity contribution in [2.24, 2.45) is 4.99 Å². The van der Waals surface area contributed by atoms with Crippen LogP contribution in [0.25, 0.3) is 0 Å². The average molecular weight is 443 g/mol. The van der Waals surface area contributed by atoms with E-state index in [1.807, 2.05) is 59.9 Å². The van der Waals surface area contributed by atoms with Crippen molar-refractivity contribution in [3.8, 4) is 0 Å². The van der Waals surface area contributed by atoms with Crippen molar-refractivity contribution in [3.05, 3.63) is 121 Å². The molecule has 0 fully saturated rings. The molecule has 0 heterocycles. The van der Waals surface area contributed by atoms with Gasteiger partial charge in [0.2, 0.25) is 0 Å². The first-order valence-corrected chi connectivity index (χ1v) is 14.9. The van der Waals surface area contributed by atoms with E-state index < -0.39 is 5.81 Å². The molecule has 4 rings (SSSR count). The van der Waals surface area contributed by atoms with Crippen molar-refractivity contribution in [3.63, 3.8) is 0 Å². The molecule has 2 nitrogen and oxygen atoms in total. The minimum absolute atomic E-state index is 0.896. The third-order valence-corrected chi connectivity index (χ3v) is 13.3. The second-order valence-electron chi connectivity index (χ2n) is 8.01. The summed E-state index contributed by atoms with van der Waals surface area (Å²) in [6.07, 6.45) is 0. The summed E-state index contributed by atoms with van der Waals surface area (Å²) in [5, 5.41) is 7.18. The predicted octanol–water partition coefficient (Wildman–Crippen LogP) is 6.90. The van der Waals surface area contributed by atoms with Crippen molar-refractivity contribution < 1.29 is 0 Å². The number of anilines is 1. The molecule has 1 N–H and O–H groups in total. The first kappa shape index (κ1) is 21.4. The topological polar surface area (TPSA) is 24.4 Å². The molecule has 156 valence electrons. The van der Waals surface area contributed by atoms with Crippen molar-refractivity contribution in [2.75, 3.05) is 18.6 Å². The van der Waals surface area contributed by atoms with Gasteiger partial charge in [0.15, 0.2) is 0 Å². The third kappa shape index (κ3) is 4.90. The Morgan fingerprint density at radius 2 is 1.03 bits per heavy atom. The molecule has 31 heavy (non-hydrogen) atoms. The minimum atomic E-state index is -2.65. The van der Waals surface area contributed by atoms with Gasteiger partial charge in [-0.15, -0.1) is 0 Å². The molecular formula is C27H27N2PS. The number of para-hydroxylation sites is 2. The summed E-state index contributed by atoms with van der Waals surface area (Å²) >= 11 is 1.86. The maximum atomic E-state index is 5.04. The zero-order valence-electron chi connectivity index (χ0n) is 17.8. The maximum absolute atomic E-state index is 5.04. The molecule has 0 radical (unpaired) electrons. The summed E-state index contributed by atoms with van der Waals surface area (Å²) in [5.41, 5.74) is 1.97. The van der Waals surface area contributed by atoms with E-state index in [-0.39, 0.29) is 0 Å². The van der Waals surface area contributed by atoms with E-state index in [1.54, 1.807) is 0 Å². The second kappa shape index (κ2) is 9.09. The number of rotatable bonds is 5. The number of nitrogens with zero attached hydrogens (tertiary/aromatic N) is 1. The van der Waals surface area contributed by atoms with Crippen LogP contribution in [-0.2, 0) is 0 Å². The van der Waals surface area contributed by atoms with E-state index >= 15 is 0 Å². The van der Waals surface area contributed by atoms with Crippen LogP contribution < -0.4 is 15.9 Å². The van der Waals surface area contributed by atoms with Gasteiger partial charge < -0.3 is 0 Å². The van der Waals surface area contributed by atoms with Crippen molar-refractivity contribution in [1.82, 2.24) is 0 Å². The Bertz CT molecular complexity index is 1100. The molecule has 4 aromatic rings.